The van der Waals surface area contributed by atoms with Crippen molar-refractivity contribution in [2.45, 2.75) is 40.0 Å². The van der Waals surface area contributed by atoms with Crippen LogP contribution < -0.4 is 0 Å². The predicted octanol–water partition coefficient (Wildman–Crippen LogP) is 2.44. The van der Waals surface area contributed by atoms with Gasteiger partial charge in [-0.3, -0.25) is 0 Å². The molecule has 1 fully saturated rings. The summed E-state index contributed by atoms with van der Waals surface area (Å²) in [5, 5.41) is 8.87. The number of hydrogen-bond donors (Lipinski definition) is 1. The van der Waals surface area contributed by atoms with Crippen LogP contribution in [0, 0.1) is 17.3 Å². The predicted molar refractivity (Wildman–Crippen MR) is 47.4 cm³/mol. The van der Waals surface area contributed by atoms with Crippen molar-refractivity contribution in [2.24, 2.45) is 17.3 Å². The van der Waals surface area contributed by atoms with Gasteiger partial charge in [-0.25, -0.2) is 0 Å². The second-order valence-electron chi connectivity index (χ2n) is 4.24. The van der Waals surface area contributed by atoms with Gasteiger partial charge in [-0.1, -0.05) is 27.2 Å². The molecule has 2 unspecified atom stereocenters. The van der Waals surface area contributed by atoms with E-state index in [-0.39, 0.29) is 0 Å². The highest BCUT2D eigenvalue weighted by Crippen LogP contribution is 2.60. The number of rotatable bonds is 4. The molecule has 1 rings (SSSR count). The Morgan fingerprint density at radius 2 is 2.18 bits per heavy atom. The number of aliphatic hydroxyl groups is 1. The Labute approximate surface area is 69.8 Å². The van der Waals surface area contributed by atoms with Crippen LogP contribution in [0.15, 0.2) is 0 Å². The minimum atomic E-state index is 0.372. The Bertz CT molecular complexity index is 131. The molecule has 0 aromatic heterocycles. The second-order valence-corrected chi connectivity index (χ2v) is 4.24. The van der Waals surface area contributed by atoms with E-state index in [1.807, 2.05) is 0 Å². The van der Waals surface area contributed by atoms with Gasteiger partial charge in [-0.05, 0) is 30.1 Å². The lowest BCUT2D eigenvalue weighted by atomic mass is 9.92. The van der Waals surface area contributed by atoms with Crippen molar-refractivity contribution >= 4 is 0 Å². The zero-order valence-corrected chi connectivity index (χ0v) is 7.93. The third kappa shape index (κ3) is 1.58. The van der Waals surface area contributed by atoms with Gasteiger partial charge >= 0.3 is 0 Å². The molecule has 0 radical (unpaired) electrons. The lowest BCUT2D eigenvalue weighted by molar-refractivity contribution is 0.228. The molecule has 1 aliphatic carbocycles. The van der Waals surface area contributed by atoms with Crippen LogP contribution in [0.2, 0.25) is 0 Å². The molecule has 0 heterocycles. The fourth-order valence-electron chi connectivity index (χ4n) is 2.42. The van der Waals surface area contributed by atoms with Gasteiger partial charge in [0, 0.05) is 6.61 Å². The van der Waals surface area contributed by atoms with Gasteiger partial charge in [0.2, 0.25) is 0 Å². The molecule has 0 aliphatic heterocycles. The topological polar surface area (TPSA) is 20.2 Å². The highest BCUT2D eigenvalue weighted by molar-refractivity contribution is 5.02. The van der Waals surface area contributed by atoms with E-state index >= 15 is 0 Å². The summed E-state index contributed by atoms with van der Waals surface area (Å²) in [4.78, 5) is 0. The summed E-state index contributed by atoms with van der Waals surface area (Å²) in [7, 11) is 0. The minimum Gasteiger partial charge on any atom is -0.396 e. The van der Waals surface area contributed by atoms with Crippen LogP contribution in [0.25, 0.3) is 0 Å². The highest BCUT2D eigenvalue weighted by Gasteiger charge is 2.52. The van der Waals surface area contributed by atoms with Crippen molar-refractivity contribution in [1.82, 2.24) is 0 Å². The molecular weight excluding hydrogens is 136 g/mol. The van der Waals surface area contributed by atoms with Crippen molar-refractivity contribution in [1.29, 1.82) is 0 Å². The van der Waals surface area contributed by atoms with E-state index in [1.165, 1.54) is 12.8 Å². The highest BCUT2D eigenvalue weighted by atomic mass is 16.3. The van der Waals surface area contributed by atoms with Gasteiger partial charge < -0.3 is 5.11 Å². The molecule has 66 valence electrons. The van der Waals surface area contributed by atoms with Gasteiger partial charge in [0.05, 0.1) is 0 Å². The van der Waals surface area contributed by atoms with Crippen LogP contribution in [-0.2, 0) is 0 Å². The molecule has 1 aliphatic rings. The smallest absolute Gasteiger partial charge is 0.0436 e. The molecule has 1 nitrogen and oxygen atoms in total. The molecule has 0 bridgehead atoms. The molecule has 1 N–H and O–H groups in total. The Morgan fingerprint density at radius 1 is 1.55 bits per heavy atom. The summed E-state index contributed by atoms with van der Waals surface area (Å²) < 4.78 is 0. The average molecular weight is 156 g/mol. The average Bonchev–Trinajstić information content (AvgIpc) is 2.65. The number of aliphatic hydroxyl groups excluding tert-OH is 1. The third-order valence-electron chi connectivity index (χ3n) is 3.37. The molecular formula is C10H20O. The molecule has 0 spiro atoms. The molecule has 1 saturated carbocycles. The molecule has 11 heavy (non-hydrogen) atoms. The SMILES string of the molecule is CCC1(CCO)CC1C(C)C. The van der Waals surface area contributed by atoms with Gasteiger partial charge in [-0.2, -0.15) is 0 Å². The fourth-order valence-corrected chi connectivity index (χ4v) is 2.42. The van der Waals surface area contributed by atoms with Crippen LogP contribution in [0.3, 0.4) is 0 Å². The monoisotopic (exact) mass is 156 g/mol. The van der Waals surface area contributed by atoms with E-state index in [1.54, 1.807) is 0 Å². The molecule has 0 aromatic rings. The van der Waals surface area contributed by atoms with Crippen LogP contribution in [-0.4, -0.2) is 11.7 Å². The summed E-state index contributed by atoms with van der Waals surface area (Å²) >= 11 is 0. The standard InChI is InChI=1S/C10H20O/c1-4-10(5-6-11)7-9(10)8(2)3/h8-9,11H,4-7H2,1-3H3. The quantitative estimate of drug-likeness (QED) is 0.663. The van der Waals surface area contributed by atoms with E-state index in [2.05, 4.69) is 20.8 Å². The first kappa shape index (κ1) is 9.05. The summed E-state index contributed by atoms with van der Waals surface area (Å²) in [6.07, 6.45) is 3.62. The Balaban J connectivity index is 2.42. The van der Waals surface area contributed by atoms with E-state index < -0.39 is 0 Å². The van der Waals surface area contributed by atoms with E-state index in [0.717, 1.165) is 18.3 Å². The largest absolute Gasteiger partial charge is 0.396 e. The summed E-state index contributed by atoms with van der Waals surface area (Å²) in [6.45, 7) is 7.20. The summed E-state index contributed by atoms with van der Waals surface area (Å²) in [5.41, 5.74) is 0.531. The Kier molecular flexibility index (Phi) is 2.58. The molecule has 2 atom stereocenters. The van der Waals surface area contributed by atoms with Crippen LogP contribution >= 0.6 is 0 Å². The van der Waals surface area contributed by atoms with Crippen molar-refractivity contribution in [3.05, 3.63) is 0 Å². The van der Waals surface area contributed by atoms with Crippen molar-refractivity contribution < 1.29 is 5.11 Å². The van der Waals surface area contributed by atoms with Gasteiger partial charge in [0.1, 0.15) is 0 Å². The lowest BCUT2D eigenvalue weighted by Gasteiger charge is -2.14. The molecule has 0 amide bonds. The second kappa shape index (κ2) is 3.14. The van der Waals surface area contributed by atoms with E-state index in [4.69, 9.17) is 5.11 Å². The normalized spacial score (nSPS) is 36.3. The first-order chi connectivity index (χ1) is 5.16. The van der Waals surface area contributed by atoms with Crippen LogP contribution in [0.4, 0.5) is 0 Å². The molecule has 0 saturated heterocycles. The van der Waals surface area contributed by atoms with Gasteiger partial charge in [-0.15, -0.1) is 0 Å². The summed E-state index contributed by atoms with van der Waals surface area (Å²) in [5.74, 6) is 1.70. The maximum atomic E-state index is 8.87. The van der Waals surface area contributed by atoms with Gasteiger partial charge in [0.25, 0.3) is 0 Å². The first-order valence-electron chi connectivity index (χ1n) is 4.77. The minimum absolute atomic E-state index is 0.372. The third-order valence-corrected chi connectivity index (χ3v) is 3.37. The fraction of sp³-hybridized carbons (Fsp3) is 1.00. The summed E-state index contributed by atoms with van der Waals surface area (Å²) in [6, 6.07) is 0. The maximum absolute atomic E-state index is 8.87. The Hall–Kier alpha value is -0.0400. The molecule has 0 aromatic carbocycles. The Morgan fingerprint density at radius 3 is 2.45 bits per heavy atom. The van der Waals surface area contributed by atoms with Crippen LogP contribution in [0.5, 0.6) is 0 Å². The van der Waals surface area contributed by atoms with E-state index in [0.29, 0.717) is 12.0 Å². The number of hydrogen-bond acceptors (Lipinski definition) is 1. The van der Waals surface area contributed by atoms with Gasteiger partial charge in [0.15, 0.2) is 0 Å². The zero-order valence-electron chi connectivity index (χ0n) is 7.93. The van der Waals surface area contributed by atoms with Crippen molar-refractivity contribution in [3.63, 3.8) is 0 Å². The van der Waals surface area contributed by atoms with E-state index in [9.17, 15) is 0 Å². The lowest BCUT2D eigenvalue weighted by Crippen LogP contribution is -2.08. The molecule has 1 heteroatoms. The van der Waals surface area contributed by atoms with Crippen molar-refractivity contribution in [3.8, 4) is 0 Å². The van der Waals surface area contributed by atoms with Crippen LogP contribution in [0.1, 0.15) is 40.0 Å². The maximum Gasteiger partial charge on any atom is 0.0436 e. The first-order valence-corrected chi connectivity index (χ1v) is 4.77. The zero-order chi connectivity index (χ0) is 8.48. The van der Waals surface area contributed by atoms with Crippen molar-refractivity contribution in [2.75, 3.05) is 6.61 Å².